The van der Waals surface area contributed by atoms with Crippen molar-refractivity contribution in [3.63, 3.8) is 0 Å². The molecule has 0 aliphatic rings. The molecular formula is C32H60N2. The summed E-state index contributed by atoms with van der Waals surface area (Å²) in [5.41, 5.74) is 1.34. The fourth-order valence-corrected chi connectivity index (χ4v) is 5.10. The molecule has 2 nitrogen and oxygen atoms in total. The lowest BCUT2D eigenvalue weighted by molar-refractivity contribution is 0.219. The van der Waals surface area contributed by atoms with Gasteiger partial charge in [-0.2, -0.15) is 0 Å². The zero-order chi connectivity index (χ0) is 24.7. The summed E-state index contributed by atoms with van der Waals surface area (Å²) in [5.74, 6) is 0.830. The van der Waals surface area contributed by atoms with Crippen LogP contribution in [-0.4, -0.2) is 29.1 Å². The second kappa shape index (κ2) is 22.4. The smallest absolute Gasteiger partial charge is 0.0231 e. The highest BCUT2D eigenvalue weighted by atomic mass is 15.1. The molecule has 0 bridgehead atoms. The molecule has 0 aliphatic carbocycles. The normalized spacial score (nSPS) is 12.5. The van der Waals surface area contributed by atoms with Crippen LogP contribution in [0.15, 0.2) is 36.7 Å². The van der Waals surface area contributed by atoms with Crippen LogP contribution in [0.25, 0.3) is 0 Å². The number of hydrogen-bond donors (Lipinski definition) is 0. The van der Waals surface area contributed by atoms with Crippen LogP contribution in [0, 0.1) is 5.92 Å². The molecule has 0 spiro atoms. The molecule has 1 heterocycles. The van der Waals surface area contributed by atoms with Crippen LogP contribution in [0.5, 0.6) is 0 Å². The fraction of sp³-hybridized carbons (Fsp3) is 0.812. The van der Waals surface area contributed by atoms with Gasteiger partial charge in [0.1, 0.15) is 0 Å². The predicted octanol–water partition coefficient (Wildman–Crippen LogP) is 10.0. The van der Waals surface area contributed by atoms with Gasteiger partial charge in [0.2, 0.25) is 0 Å². The third-order valence-electron chi connectivity index (χ3n) is 7.26. The standard InChI is InChI=1S/C32H60N2/c1-5-6-7-8-9-10-11-12-15-18-24-32(4)30-34(29-22-28-33-25-20-21-26-33)27-19-16-13-14-17-23-31(2)3/h20-21,25-26,32H,2,5-19,22-24,27-30H2,1,3-4H3. The minimum Gasteiger partial charge on any atom is -0.354 e. The Kier molecular flexibility index (Phi) is 20.5. The molecule has 198 valence electrons. The van der Waals surface area contributed by atoms with E-state index in [4.69, 9.17) is 0 Å². The summed E-state index contributed by atoms with van der Waals surface area (Å²) in [4.78, 5) is 2.78. The van der Waals surface area contributed by atoms with E-state index in [9.17, 15) is 0 Å². The highest BCUT2D eigenvalue weighted by Gasteiger charge is 2.10. The van der Waals surface area contributed by atoms with Crippen LogP contribution in [0.4, 0.5) is 0 Å². The summed E-state index contributed by atoms with van der Waals surface area (Å²) >= 11 is 0. The maximum Gasteiger partial charge on any atom is 0.0231 e. The van der Waals surface area contributed by atoms with Crippen molar-refractivity contribution in [2.45, 2.75) is 143 Å². The molecule has 1 unspecified atom stereocenters. The predicted molar refractivity (Wildman–Crippen MR) is 154 cm³/mol. The summed E-state index contributed by atoms with van der Waals surface area (Å²) in [6, 6.07) is 4.28. The van der Waals surface area contributed by atoms with Crippen LogP contribution in [0.2, 0.25) is 0 Å². The van der Waals surface area contributed by atoms with Crippen molar-refractivity contribution in [3.05, 3.63) is 36.7 Å². The van der Waals surface area contributed by atoms with Crippen LogP contribution in [-0.2, 0) is 6.54 Å². The average molecular weight is 473 g/mol. The van der Waals surface area contributed by atoms with Gasteiger partial charge in [-0.05, 0) is 70.2 Å². The van der Waals surface area contributed by atoms with E-state index in [1.165, 1.54) is 141 Å². The van der Waals surface area contributed by atoms with E-state index in [2.05, 4.69) is 61.3 Å². The Labute approximate surface area is 214 Å². The quantitative estimate of drug-likeness (QED) is 0.101. The number of nitrogens with zero attached hydrogens (tertiary/aromatic N) is 2. The van der Waals surface area contributed by atoms with E-state index in [1.807, 2.05) is 0 Å². The Morgan fingerprint density at radius 2 is 1.26 bits per heavy atom. The molecule has 1 aromatic heterocycles. The maximum absolute atomic E-state index is 4.03. The molecule has 0 aromatic carbocycles. The van der Waals surface area contributed by atoms with Gasteiger partial charge < -0.3 is 9.47 Å². The molecule has 0 fully saturated rings. The van der Waals surface area contributed by atoms with Gasteiger partial charge in [0.15, 0.2) is 0 Å². The summed E-state index contributed by atoms with van der Waals surface area (Å²) in [5, 5.41) is 0. The molecule has 0 radical (unpaired) electrons. The maximum atomic E-state index is 4.03. The summed E-state index contributed by atoms with van der Waals surface area (Å²) in [7, 11) is 0. The largest absolute Gasteiger partial charge is 0.354 e. The topological polar surface area (TPSA) is 8.17 Å². The number of aryl methyl sites for hydroxylation is 1. The molecule has 0 aliphatic heterocycles. The minimum absolute atomic E-state index is 0.830. The first-order valence-corrected chi connectivity index (χ1v) is 15.1. The molecule has 0 saturated heterocycles. The second-order valence-electron chi connectivity index (χ2n) is 11.1. The highest BCUT2D eigenvalue weighted by molar-refractivity contribution is 4.90. The Bertz CT molecular complexity index is 547. The molecule has 0 N–H and O–H groups in total. The van der Waals surface area contributed by atoms with Crippen LogP contribution in [0.1, 0.15) is 136 Å². The SMILES string of the molecule is C=C(C)CCCCCCCN(CCCn1cccc1)CC(C)CCCCCCCCCCCC. The van der Waals surface area contributed by atoms with Gasteiger partial charge in [-0.3, -0.25) is 0 Å². The summed E-state index contributed by atoms with van der Waals surface area (Å²) in [6.07, 6.45) is 29.5. The Hall–Kier alpha value is -1.02. The molecule has 1 atom stereocenters. The van der Waals surface area contributed by atoms with Crippen LogP contribution < -0.4 is 0 Å². The Morgan fingerprint density at radius 1 is 0.735 bits per heavy atom. The van der Waals surface area contributed by atoms with Crippen molar-refractivity contribution in [3.8, 4) is 0 Å². The number of unbranched alkanes of at least 4 members (excludes halogenated alkanes) is 13. The molecule has 0 saturated carbocycles. The lowest BCUT2D eigenvalue weighted by Gasteiger charge is -2.26. The van der Waals surface area contributed by atoms with Crippen molar-refractivity contribution >= 4 is 0 Å². The Balaban J connectivity index is 2.17. The van der Waals surface area contributed by atoms with Crippen molar-refractivity contribution in [2.75, 3.05) is 19.6 Å². The first-order chi connectivity index (χ1) is 16.6. The number of allylic oxidation sites excluding steroid dienone is 1. The van der Waals surface area contributed by atoms with Gasteiger partial charge in [0, 0.05) is 25.5 Å². The first-order valence-electron chi connectivity index (χ1n) is 15.1. The molecule has 1 aromatic rings. The van der Waals surface area contributed by atoms with Gasteiger partial charge in [0.25, 0.3) is 0 Å². The van der Waals surface area contributed by atoms with Gasteiger partial charge in [0.05, 0.1) is 0 Å². The lowest BCUT2D eigenvalue weighted by atomic mass is 10.0. The number of hydrogen-bond acceptors (Lipinski definition) is 1. The van der Waals surface area contributed by atoms with Gasteiger partial charge in [-0.25, -0.2) is 0 Å². The van der Waals surface area contributed by atoms with E-state index in [1.54, 1.807) is 0 Å². The van der Waals surface area contributed by atoms with E-state index >= 15 is 0 Å². The molecule has 1 rings (SSSR count). The second-order valence-corrected chi connectivity index (χ2v) is 11.1. The molecule has 34 heavy (non-hydrogen) atoms. The summed E-state index contributed by atoms with van der Waals surface area (Å²) in [6.45, 7) is 16.0. The average Bonchev–Trinajstić information content (AvgIpc) is 3.33. The number of aromatic nitrogens is 1. The van der Waals surface area contributed by atoms with Crippen molar-refractivity contribution in [1.82, 2.24) is 9.47 Å². The third kappa shape index (κ3) is 19.3. The van der Waals surface area contributed by atoms with E-state index < -0.39 is 0 Å². The van der Waals surface area contributed by atoms with E-state index in [0.29, 0.717) is 0 Å². The third-order valence-corrected chi connectivity index (χ3v) is 7.26. The first kappa shape index (κ1) is 31.0. The van der Waals surface area contributed by atoms with Gasteiger partial charge in [-0.1, -0.05) is 103 Å². The fourth-order valence-electron chi connectivity index (χ4n) is 5.10. The van der Waals surface area contributed by atoms with E-state index in [-0.39, 0.29) is 0 Å². The molecule has 2 heteroatoms. The van der Waals surface area contributed by atoms with Crippen LogP contribution in [0.3, 0.4) is 0 Å². The van der Waals surface area contributed by atoms with Crippen molar-refractivity contribution < 1.29 is 0 Å². The number of rotatable bonds is 25. The lowest BCUT2D eigenvalue weighted by Crippen LogP contribution is -2.31. The molecule has 0 amide bonds. The van der Waals surface area contributed by atoms with E-state index in [0.717, 1.165) is 12.5 Å². The van der Waals surface area contributed by atoms with Crippen LogP contribution >= 0.6 is 0 Å². The monoisotopic (exact) mass is 472 g/mol. The zero-order valence-corrected chi connectivity index (χ0v) is 23.5. The van der Waals surface area contributed by atoms with Gasteiger partial charge >= 0.3 is 0 Å². The highest BCUT2D eigenvalue weighted by Crippen LogP contribution is 2.16. The summed E-state index contributed by atoms with van der Waals surface area (Å²) < 4.78 is 2.33. The minimum atomic E-state index is 0.830. The van der Waals surface area contributed by atoms with Crippen molar-refractivity contribution in [2.24, 2.45) is 5.92 Å². The zero-order valence-electron chi connectivity index (χ0n) is 23.5. The van der Waals surface area contributed by atoms with Gasteiger partial charge in [-0.15, -0.1) is 6.58 Å². The Morgan fingerprint density at radius 3 is 1.88 bits per heavy atom. The van der Waals surface area contributed by atoms with Crippen molar-refractivity contribution in [1.29, 1.82) is 0 Å². The molecular weight excluding hydrogens is 412 g/mol.